The molecule has 0 aliphatic carbocycles. The first-order valence-corrected chi connectivity index (χ1v) is 9.43. The van der Waals surface area contributed by atoms with Gasteiger partial charge in [0.1, 0.15) is 18.0 Å². The molecule has 0 N–H and O–H groups in total. The molecule has 0 unspecified atom stereocenters. The number of carbonyl (C=O) groups is 1. The molecule has 0 saturated carbocycles. The first-order valence-electron chi connectivity index (χ1n) is 9.43. The van der Waals surface area contributed by atoms with E-state index >= 15 is 0 Å². The minimum absolute atomic E-state index is 0.255. The molecule has 0 saturated heterocycles. The van der Waals surface area contributed by atoms with Crippen LogP contribution in [0.3, 0.4) is 0 Å². The van der Waals surface area contributed by atoms with Gasteiger partial charge in [0.25, 0.3) is 5.91 Å². The molecule has 0 bridgehead atoms. The summed E-state index contributed by atoms with van der Waals surface area (Å²) in [5, 5.41) is 0. The number of imidazole rings is 1. The summed E-state index contributed by atoms with van der Waals surface area (Å²) in [5.74, 6) is -3.07. The van der Waals surface area contributed by atoms with Crippen LogP contribution in [0.25, 0.3) is 5.69 Å². The third-order valence-electron chi connectivity index (χ3n) is 4.82. The van der Waals surface area contributed by atoms with Gasteiger partial charge in [0, 0.05) is 12.1 Å². The maximum atomic E-state index is 14.4. The molecule has 2 aromatic carbocycles. The number of halogens is 5. The van der Waals surface area contributed by atoms with Crippen molar-refractivity contribution in [2.24, 2.45) is 0 Å². The van der Waals surface area contributed by atoms with Crippen LogP contribution in [0.15, 0.2) is 42.7 Å². The normalized spacial score (nSPS) is 11.8. The summed E-state index contributed by atoms with van der Waals surface area (Å²) in [4.78, 5) is 17.8. The Bertz CT molecular complexity index is 1110. The van der Waals surface area contributed by atoms with E-state index in [1.165, 1.54) is 13.8 Å². The van der Waals surface area contributed by atoms with Crippen LogP contribution >= 0.6 is 0 Å². The molecule has 0 aliphatic heterocycles. The molecule has 9 heteroatoms. The SMILES string of the molecule is Cc1cccc(C)c1-n1cnc(C(=O)N(c2ccc(F)cc2F)C(C)C)c1C(F)(F)F. The molecule has 4 nitrogen and oxygen atoms in total. The predicted molar refractivity (Wildman–Crippen MR) is 106 cm³/mol. The standard InChI is InChI=1S/C22H20F5N3O/c1-12(2)30(17-9-8-15(23)10-16(17)24)21(31)18-20(22(25,26)27)29(11-28-18)19-13(3)6-5-7-14(19)4/h5-12H,1-4H3. The van der Waals surface area contributed by atoms with Gasteiger partial charge < -0.3 is 4.90 Å². The zero-order valence-electron chi connectivity index (χ0n) is 17.3. The Morgan fingerprint density at radius 1 is 1.06 bits per heavy atom. The van der Waals surface area contributed by atoms with Crippen LogP contribution in [-0.4, -0.2) is 21.5 Å². The molecule has 0 fully saturated rings. The minimum Gasteiger partial charge on any atom is -0.302 e. The Morgan fingerprint density at radius 2 is 1.68 bits per heavy atom. The summed E-state index contributed by atoms with van der Waals surface area (Å²) in [6.45, 7) is 6.32. The maximum Gasteiger partial charge on any atom is 0.434 e. The van der Waals surface area contributed by atoms with Crippen molar-refractivity contribution in [3.8, 4) is 5.69 Å². The van der Waals surface area contributed by atoms with Gasteiger partial charge in [-0.1, -0.05) is 18.2 Å². The van der Waals surface area contributed by atoms with Crippen molar-refractivity contribution in [1.82, 2.24) is 9.55 Å². The molecule has 0 radical (unpaired) electrons. The number of nitrogens with zero attached hydrogens (tertiary/aromatic N) is 3. The second-order valence-corrected chi connectivity index (χ2v) is 7.41. The highest BCUT2D eigenvalue weighted by Crippen LogP contribution is 2.36. The molecule has 0 atom stereocenters. The fraction of sp³-hybridized carbons (Fsp3) is 0.273. The molecule has 0 aliphatic rings. The van der Waals surface area contributed by atoms with Crippen LogP contribution in [0.1, 0.15) is 41.2 Å². The molecule has 3 aromatic rings. The van der Waals surface area contributed by atoms with E-state index in [-0.39, 0.29) is 11.4 Å². The van der Waals surface area contributed by atoms with Crippen LogP contribution < -0.4 is 4.90 Å². The number of amides is 1. The lowest BCUT2D eigenvalue weighted by Gasteiger charge is -2.27. The number of rotatable bonds is 4. The lowest BCUT2D eigenvalue weighted by molar-refractivity contribution is -0.142. The van der Waals surface area contributed by atoms with Gasteiger partial charge in [-0.05, 0) is 51.0 Å². The lowest BCUT2D eigenvalue weighted by Crippen LogP contribution is -2.39. The van der Waals surface area contributed by atoms with Gasteiger partial charge in [0.15, 0.2) is 11.4 Å². The molecule has 1 heterocycles. The highest BCUT2D eigenvalue weighted by Gasteiger charge is 2.42. The summed E-state index contributed by atoms with van der Waals surface area (Å²) in [7, 11) is 0. The number of hydrogen-bond acceptors (Lipinski definition) is 2. The average molecular weight is 437 g/mol. The molecule has 164 valence electrons. The monoisotopic (exact) mass is 437 g/mol. The Hall–Kier alpha value is -3.23. The van der Waals surface area contributed by atoms with Crippen molar-refractivity contribution >= 4 is 11.6 Å². The summed E-state index contributed by atoms with van der Waals surface area (Å²) in [6, 6.07) is 6.80. The van der Waals surface area contributed by atoms with Gasteiger partial charge in [-0.25, -0.2) is 13.8 Å². The second-order valence-electron chi connectivity index (χ2n) is 7.41. The highest BCUT2D eigenvalue weighted by atomic mass is 19.4. The van der Waals surface area contributed by atoms with Gasteiger partial charge in [-0.3, -0.25) is 9.36 Å². The number of para-hydroxylation sites is 1. The minimum atomic E-state index is -4.92. The number of carbonyl (C=O) groups excluding carboxylic acids is 1. The van der Waals surface area contributed by atoms with E-state index in [2.05, 4.69) is 4.98 Å². The highest BCUT2D eigenvalue weighted by molar-refractivity contribution is 6.06. The molecule has 1 aromatic heterocycles. The van der Waals surface area contributed by atoms with Crippen molar-refractivity contribution in [3.63, 3.8) is 0 Å². The first-order chi connectivity index (χ1) is 14.4. The average Bonchev–Trinajstić information content (AvgIpc) is 3.08. The Labute approximate surface area is 175 Å². The zero-order valence-corrected chi connectivity index (χ0v) is 17.3. The fourth-order valence-corrected chi connectivity index (χ4v) is 3.54. The van der Waals surface area contributed by atoms with Crippen LogP contribution in [-0.2, 0) is 6.18 Å². The molecule has 1 amide bonds. The van der Waals surface area contributed by atoms with E-state index in [9.17, 15) is 26.7 Å². The summed E-state index contributed by atoms with van der Waals surface area (Å²) in [5.41, 5.74) is -1.09. The van der Waals surface area contributed by atoms with Crippen molar-refractivity contribution < 1.29 is 26.7 Å². The third-order valence-corrected chi connectivity index (χ3v) is 4.82. The maximum absolute atomic E-state index is 14.4. The number of hydrogen-bond donors (Lipinski definition) is 0. The van der Waals surface area contributed by atoms with Crippen molar-refractivity contribution in [2.45, 2.75) is 39.9 Å². The topological polar surface area (TPSA) is 38.1 Å². The van der Waals surface area contributed by atoms with Crippen LogP contribution in [0.4, 0.5) is 27.6 Å². The van der Waals surface area contributed by atoms with Crippen LogP contribution in [0, 0.1) is 25.5 Å². The number of aromatic nitrogens is 2. The zero-order chi connectivity index (χ0) is 23.1. The van der Waals surface area contributed by atoms with E-state index in [1.807, 2.05) is 0 Å². The van der Waals surface area contributed by atoms with E-state index in [0.717, 1.165) is 27.9 Å². The Balaban J connectivity index is 2.22. The van der Waals surface area contributed by atoms with Gasteiger partial charge in [0.2, 0.25) is 0 Å². The molecule has 31 heavy (non-hydrogen) atoms. The van der Waals surface area contributed by atoms with Gasteiger partial charge in [-0.2, -0.15) is 13.2 Å². The third kappa shape index (κ3) is 4.17. The van der Waals surface area contributed by atoms with E-state index < -0.39 is 41.1 Å². The number of aryl methyl sites for hydroxylation is 2. The molecular formula is C22H20F5N3O. The Morgan fingerprint density at radius 3 is 2.19 bits per heavy atom. The lowest BCUT2D eigenvalue weighted by atomic mass is 10.1. The van der Waals surface area contributed by atoms with Crippen molar-refractivity contribution in [3.05, 3.63) is 76.9 Å². The van der Waals surface area contributed by atoms with E-state index in [0.29, 0.717) is 17.2 Å². The largest absolute Gasteiger partial charge is 0.434 e. The summed E-state index contributed by atoms with van der Waals surface area (Å²) < 4.78 is 70.8. The van der Waals surface area contributed by atoms with Crippen molar-refractivity contribution in [2.75, 3.05) is 4.90 Å². The fourth-order valence-electron chi connectivity index (χ4n) is 3.54. The van der Waals surface area contributed by atoms with Crippen molar-refractivity contribution in [1.29, 1.82) is 0 Å². The van der Waals surface area contributed by atoms with Crippen LogP contribution in [0.2, 0.25) is 0 Å². The quantitative estimate of drug-likeness (QED) is 0.481. The summed E-state index contributed by atoms with van der Waals surface area (Å²) in [6.07, 6.45) is -3.98. The van der Waals surface area contributed by atoms with Gasteiger partial charge in [0.05, 0.1) is 11.4 Å². The smallest absolute Gasteiger partial charge is 0.302 e. The van der Waals surface area contributed by atoms with E-state index in [4.69, 9.17) is 0 Å². The van der Waals surface area contributed by atoms with E-state index in [1.54, 1.807) is 32.0 Å². The van der Waals surface area contributed by atoms with Gasteiger partial charge >= 0.3 is 6.18 Å². The molecular weight excluding hydrogens is 417 g/mol. The number of benzene rings is 2. The molecule has 3 rings (SSSR count). The second kappa shape index (κ2) is 8.13. The molecule has 0 spiro atoms. The first kappa shape index (κ1) is 22.5. The summed E-state index contributed by atoms with van der Waals surface area (Å²) >= 11 is 0. The number of alkyl halides is 3. The van der Waals surface area contributed by atoms with Gasteiger partial charge in [-0.15, -0.1) is 0 Å². The van der Waals surface area contributed by atoms with Crippen LogP contribution in [0.5, 0.6) is 0 Å². The predicted octanol–water partition coefficient (Wildman–Crippen LogP) is 5.84. The Kier molecular flexibility index (Phi) is 5.89. The number of anilines is 1.